The van der Waals surface area contributed by atoms with E-state index in [9.17, 15) is 4.79 Å². The normalized spacial score (nSPS) is 15.5. The molecule has 1 aliphatic heterocycles. The minimum atomic E-state index is -0.357. The summed E-state index contributed by atoms with van der Waals surface area (Å²) >= 11 is 11.7. The molecule has 1 N–H and O–H groups in total. The van der Waals surface area contributed by atoms with E-state index >= 15 is 0 Å². The molecular weight excluding hydrogens is 327 g/mol. The zero-order chi connectivity index (χ0) is 15.8. The van der Waals surface area contributed by atoms with Crippen molar-refractivity contribution in [2.45, 2.75) is 19.3 Å². The van der Waals surface area contributed by atoms with Crippen molar-refractivity contribution in [1.82, 2.24) is 10.4 Å². The Kier molecular flexibility index (Phi) is 7.25. The summed E-state index contributed by atoms with van der Waals surface area (Å²) in [5.74, 6) is 0.0548. The maximum Gasteiger partial charge on any atom is 0.281 e. The summed E-state index contributed by atoms with van der Waals surface area (Å²) in [4.78, 5) is 19.1. The van der Waals surface area contributed by atoms with Gasteiger partial charge < -0.3 is 9.64 Å². The number of likely N-dealkylation sites (tertiary alicyclic amines) is 1. The molecule has 0 atom stereocenters. The van der Waals surface area contributed by atoms with Gasteiger partial charge in [0.25, 0.3) is 5.91 Å². The second kappa shape index (κ2) is 9.20. The Morgan fingerprint density at radius 2 is 2.00 bits per heavy atom. The SMILES string of the molecule is O=C(COc1ccc(Cl)cc1Cl)NOCCN1CCCCC1. The largest absolute Gasteiger partial charge is 0.482 e. The Morgan fingerprint density at radius 3 is 2.73 bits per heavy atom. The van der Waals surface area contributed by atoms with Crippen LogP contribution in [0.25, 0.3) is 0 Å². The maximum atomic E-state index is 11.6. The number of rotatable bonds is 7. The molecule has 0 aliphatic carbocycles. The topological polar surface area (TPSA) is 50.8 Å². The highest BCUT2D eigenvalue weighted by Gasteiger charge is 2.10. The van der Waals surface area contributed by atoms with E-state index in [1.54, 1.807) is 18.2 Å². The van der Waals surface area contributed by atoms with Crippen LogP contribution in [0.4, 0.5) is 0 Å². The van der Waals surface area contributed by atoms with Crippen molar-refractivity contribution in [2.24, 2.45) is 0 Å². The van der Waals surface area contributed by atoms with Crippen LogP contribution in [-0.2, 0) is 9.63 Å². The molecule has 0 unspecified atom stereocenters. The fourth-order valence-corrected chi connectivity index (χ4v) is 2.72. The molecule has 1 heterocycles. The molecule has 122 valence electrons. The van der Waals surface area contributed by atoms with Crippen molar-refractivity contribution in [3.05, 3.63) is 28.2 Å². The Morgan fingerprint density at radius 1 is 1.23 bits per heavy atom. The molecule has 0 saturated carbocycles. The summed E-state index contributed by atoms with van der Waals surface area (Å²) in [6.07, 6.45) is 3.78. The summed E-state index contributed by atoms with van der Waals surface area (Å²) in [7, 11) is 0. The minimum absolute atomic E-state index is 0.162. The first-order chi connectivity index (χ1) is 10.6. The molecule has 0 spiro atoms. The maximum absolute atomic E-state index is 11.6. The lowest BCUT2D eigenvalue weighted by Gasteiger charge is -2.25. The lowest BCUT2D eigenvalue weighted by atomic mass is 10.1. The van der Waals surface area contributed by atoms with Crippen molar-refractivity contribution in [1.29, 1.82) is 0 Å². The first-order valence-electron chi connectivity index (χ1n) is 7.36. The summed E-state index contributed by atoms with van der Waals surface area (Å²) < 4.78 is 5.31. The van der Waals surface area contributed by atoms with Gasteiger partial charge in [0.15, 0.2) is 6.61 Å². The van der Waals surface area contributed by atoms with Crippen molar-refractivity contribution >= 4 is 29.1 Å². The number of benzene rings is 1. The van der Waals surface area contributed by atoms with Crippen LogP contribution in [-0.4, -0.2) is 43.7 Å². The van der Waals surface area contributed by atoms with Crippen LogP contribution in [0.2, 0.25) is 10.0 Å². The molecule has 22 heavy (non-hydrogen) atoms. The number of carbonyl (C=O) groups is 1. The van der Waals surface area contributed by atoms with Crippen LogP contribution in [0, 0.1) is 0 Å². The lowest BCUT2D eigenvalue weighted by Crippen LogP contribution is -2.36. The van der Waals surface area contributed by atoms with Gasteiger partial charge in [-0.2, -0.15) is 0 Å². The summed E-state index contributed by atoms with van der Waals surface area (Å²) in [5, 5.41) is 0.883. The number of nitrogens with zero attached hydrogens (tertiary/aromatic N) is 1. The quantitative estimate of drug-likeness (QED) is 0.609. The number of ether oxygens (including phenoxy) is 1. The van der Waals surface area contributed by atoms with Gasteiger partial charge in [-0.15, -0.1) is 0 Å². The van der Waals surface area contributed by atoms with Crippen molar-refractivity contribution < 1.29 is 14.4 Å². The van der Waals surface area contributed by atoms with Crippen LogP contribution >= 0.6 is 23.2 Å². The molecule has 7 heteroatoms. The number of carbonyl (C=O) groups excluding carboxylic acids is 1. The number of piperidine rings is 1. The van der Waals surface area contributed by atoms with Crippen LogP contribution in [0.1, 0.15) is 19.3 Å². The predicted molar refractivity (Wildman–Crippen MR) is 86.3 cm³/mol. The monoisotopic (exact) mass is 346 g/mol. The first kappa shape index (κ1) is 17.3. The second-order valence-corrected chi connectivity index (χ2v) is 5.98. The fraction of sp³-hybridized carbons (Fsp3) is 0.533. The Hall–Kier alpha value is -1.01. The standard InChI is InChI=1S/C15H20Cl2N2O3/c16-12-4-5-14(13(17)10-12)21-11-15(20)18-22-9-8-19-6-2-1-3-7-19/h4-5,10H,1-3,6-9,11H2,(H,18,20). The third-order valence-corrected chi connectivity index (χ3v) is 3.93. The first-order valence-corrected chi connectivity index (χ1v) is 8.11. The van der Waals surface area contributed by atoms with Crippen molar-refractivity contribution in [3.8, 4) is 5.75 Å². The molecule has 2 rings (SSSR count). The van der Waals surface area contributed by atoms with Crippen LogP contribution in [0.5, 0.6) is 5.75 Å². The van der Waals surface area contributed by atoms with E-state index in [0.717, 1.165) is 19.6 Å². The molecule has 5 nitrogen and oxygen atoms in total. The molecule has 1 aromatic rings. The molecule has 1 fully saturated rings. The average molecular weight is 347 g/mol. The van der Waals surface area contributed by atoms with E-state index in [-0.39, 0.29) is 12.5 Å². The number of hydrogen-bond acceptors (Lipinski definition) is 4. The highest BCUT2D eigenvalue weighted by molar-refractivity contribution is 6.35. The lowest BCUT2D eigenvalue weighted by molar-refractivity contribution is -0.136. The zero-order valence-electron chi connectivity index (χ0n) is 12.3. The highest BCUT2D eigenvalue weighted by atomic mass is 35.5. The summed E-state index contributed by atoms with van der Waals surface area (Å²) in [5.41, 5.74) is 2.36. The van der Waals surface area contributed by atoms with Gasteiger partial charge in [-0.3, -0.25) is 9.63 Å². The molecule has 1 amide bonds. The van der Waals surface area contributed by atoms with Crippen LogP contribution in [0.15, 0.2) is 18.2 Å². The van der Waals surface area contributed by atoms with E-state index in [4.69, 9.17) is 32.8 Å². The molecule has 1 aliphatic rings. The third-order valence-electron chi connectivity index (χ3n) is 3.40. The van der Waals surface area contributed by atoms with Crippen molar-refractivity contribution in [3.63, 3.8) is 0 Å². The van der Waals surface area contributed by atoms with Gasteiger partial charge in [-0.05, 0) is 44.1 Å². The van der Waals surface area contributed by atoms with E-state index in [2.05, 4.69) is 10.4 Å². The molecule has 0 radical (unpaired) electrons. The van der Waals surface area contributed by atoms with E-state index in [0.29, 0.717) is 22.4 Å². The Bertz CT molecular complexity index is 494. The van der Waals surface area contributed by atoms with E-state index in [1.165, 1.54) is 19.3 Å². The van der Waals surface area contributed by atoms with E-state index in [1.807, 2.05) is 0 Å². The second-order valence-electron chi connectivity index (χ2n) is 5.14. The smallest absolute Gasteiger partial charge is 0.281 e. The Balaban J connectivity index is 1.59. The molecule has 1 saturated heterocycles. The molecule has 0 bridgehead atoms. The van der Waals surface area contributed by atoms with E-state index < -0.39 is 0 Å². The number of hydroxylamine groups is 1. The number of hydrogen-bond donors (Lipinski definition) is 1. The van der Waals surface area contributed by atoms with Gasteiger partial charge in [0, 0.05) is 11.6 Å². The van der Waals surface area contributed by atoms with Crippen LogP contribution < -0.4 is 10.2 Å². The summed E-state index contributed by atoms with van der Waals surface area (Å²) in [6, 6.07) is 4.83. The van der Waals surface area contributed by atoms with Gasteiger partial charge in [0.1, 0.15) is 5.75 Å². The molecule has 1 aromatic carbocycles. The minimum Gasteiger partial charge on any atom is -0.482 e. The Labute approximate surface area is 140 Å². The number of halogens is 2. The highest BCUT2D eigenvalue weighted by Crippen LogP contribution is 2.27. The number of nitrogens with one attached hydrogen (secondary N) is 1. The van der Waals surface area contributed by atoms with Gasteiger partial charge in [0.05, 0.1) is 11.6 Å². The van der Waals surface area contributed by atoms with Crippen molar-refractivity contribution in [2.75, 3.05) is 32.8 Å². The summed E-state index contributed by atoms with van der Waals surface area (Å²) in [6.45, 7) is 3.34. The van der Waals surface area contributed by atoms with Gasteiger partial charge in [-0.1, -0.05) is 29.6 Å². The predicted octanol–water partition coefficient (Wildman–Crippen LogP) is 2.91. The average Bonchev–Trinajstić information content (AvgIpc) is 2.52. The molecule has 0 aromatic heterocycles. The fourth-order valence-electron chi connectivity index (χ4n) is 2.25. The third kappa shape index (κ3) is 6.01. The molecular formula is C15H20Cl2N2O3. The zero-order valence-corrected chi connectivity index (χ0v) is 13.8. The van der Waals surface area contributed by atoms with Gasteiger partial charge in [-0.25, -0.2) is 5.48 Å². The van der Waals surface area contributed by atoms with Gasteiger partial charge in [0.2, 0.25) is 0 Å². The van der Waals surface area contributed by atoms with Gasteiger partial charge >= 0.3 is 0 Å². The number of amides is 1. The van der Waals surface area contributed by atoms with Crippen LogP contribution in [0.3, 0.4) is 0 Å².